The van der Waals surface area contributed by atoms with Gasteiger partial charge in [0.15, 0.2) is 0 Å². The third kappa shape index (κ3) is 2.96. The molecule has 1 aromatic heterocycles. The summed E-state index contributed by atoms with van der Waals surface area (Å²) in [5.41, 5.74) is 7.78. The first-order valence-electron chi connectivity index (χ1n) is 5.38. The maximum atomic E-state index is 10.3. The molecule has 0 fully saturated rings. The highest BCUT2D eigenvalue weighted by molar-refractivity contribution is 9.10. The van der Waals surface area contributed by atoms with E-state index < -0.39 is 6.10 Å². The zero-order valence-electron chi connectivity index (χ0n) is 9.21. The minimum Gasteiger partial charge on any atom is -0.388 e. The van der Waals surface area contributed by atoms with E-state index in [1.54, 1.807) is 11.3 Å². The van der Waals surface area contributed by atoms with Gasteiger partial charge >= 0.3 is 0 Å². The predicted octanol–water partition coefficient (Wildman–Crippen LogP) is 3.29. The number of aliphatic hydroxyl groups excluding tert-OH is 1. The third-order valence-electron chi connectivity index (χ3n) is 2.82. The lowest BCUT2D eigenvalue weighted by atomic mass is 9.90. The molecule has 0 spiro atoms. The first-order valence-corrected chi connectivity index (χ1v) is 7.11. The molecule has 0 bridgehead atoms. The number of aliphatic hydroxyl groups is 1. The highest BCUT2D eigenvalue weighted by Crippen LogP contribution is 2.31. The van der Waals surface area contributed by atoms with Crippen molar-refractivity contribution in [3.05, 3.63) is 56.7 Å². The van der Waals surface area contributed by atoms with Crippen LogP contribution in [0.5, 0.6) is 0 Å². The van der Waals surface area contributed by atoms with Gasteiger partial charge < -0.3 is 10.8 Å². The quantitative estimate of drug-likeness (QED) is 0.910. The second-order valence-corrected chi connectivity index (χ2v) is 5.59. The van der Waals surface area contributed by atoms with Crippen molar-refractivity contribution in [3.63, 3.8) is 0 Å². The van der Waals surface area contributed by atoms with Crippen molar-refractivity contribution in [3.8, 4) is 0 Å². The van der Waals surface area contributed by atoms with E-state index in [0.29, 0.717) is 6.54 Å². The molecule has 2 aromatic rings. The largest absolute Gasteiger partial charge is 0.388 e. The van der Waals surface area contributed by atoms with Crippen LogP contribution in [0.1, 0.15) is 23.1 Å². The van der Waals surface area contributed by atoms with E-state index >= 15 is 0 Å². The fourth-order valence-corrected chi connectivity index (χ4v) is 2.79. The van der Waals surface area contributed by atoms with E-state index in [9.17, 15) is 5.11 Å². The summed E-state index contributed by atoms with van der Waals surface area (Å²) in [4.78, 5) is 0. The number of benzene rings is 1. The second-order valence-electron chi connectivity index (χ2n) is 3.90. The molecule has 4 heteroatoms. The van der Waals surface area contributed by atoms with Crippen LogP contribution in [0.4, 0.5) is 0 Å². The molecule has 90 valence electrons. The Morgan fingerprint density at radius 1 is 1.18 bits per heavy atom. The first kappa shape index (κ1) is 12.8. The van der Waals surface area contributed by atoms with Gasteiger partial charge in [-0.15, -0.1) is 0 Å². The summed E-state index contributed by atoms with van der Waals surface area (Å²) in [5, 5.41) is 14.2. The monoisotopic (exact) mass is 311 g/mol. The van der Waals surface area contributed by atoms with E-state index in [2.05, 4.69) is 15.9 Å². The average molecular weight is 312 g/mol. The van der Waals surface area contributed by atoms with Crippen LogP contribution < -0.4 is 5.73 Å². The van der Waals surface area contributed by atoms with Gasteiger partial charge in [0, 0.05) is 16.9 Å². The Morgan fingerprint density at radius 2 is 1.88 bits per heavy atom. The molecule has 0 aliphatic carbocycles. The van der Waals surface area contributed by atoms with Gasteiger partial charge in [-0.05, 0) is 40.1 Å². The Balaban J connectivity index is 2.24. The van der Waals surface area contributed by atoms with E-state index in [0.717, 1.165) is 15.6 Å². The normalized spacial score (nSPS) is 14.5. The minimum absolute atomic E-state index is 0.0577. The predicted molar refractivity (Wildman–Crippen MR) is 75.2 cm³/mol. The molecule has 0 aliphatic heterocycles. The molecule has 2 rings (SSSR count). The second kappa shape index (κ2) is 5.78. The van der Waals surface area contributed by atoms with Crippen LogP contribution in [0.3, 0.4) is 0 Å². The average Bonchev–Trinajstić information content (AvgIpc) is 2.86. The maximum Gasteiger partial charge on any atom is 0.0878 e. The third-order valence-corrected chi connectivity index (χ3v) is 4.05. The van der Waals surface area contributed by atoms with Crippen molar-refractivity contribution >= 4 is 27.3 Å². The van der Waals surface area contributed by atoms with Gasteiger partial charge in [-0.3, -0.25) is 0 Å². The van der Waals surface area contributed by atoms with Gasteiger partial charge in [0.2, 0.25) is 0 Å². The number of rotatable bonds is 4. The molecule has 2 nitrogen and oxygen atoms in total. The van der Waals surface area contributed by atoms with Crippen LogP contribution in [0, 0.1) is 0 Å². The minimum atomic E-state index is -0.535. The van der Waals surface area contributed by atoms with Crippen molar-refractivity contribution in [1.29, 1.82) is 0 Å². The highest BCUT2D eigenvalue weighted by Gasteiger charge is 2.21. The van der Waals surface area contributed by atoms with E-state index in [4.69, 9.17) is 5.73 Å². The molecule has 0 radical (unpaired) electrons. The standard InChI is InChI=1S/C13H14BrNOS/c14-11-3-1-9(2-4-11)12(7-15)13(16)10-5-6-17-8-10/h1-6,8,12-13,16H,7,15H2. The zero-order chi connectivity index (χ0) is 12.3. The number of thiophene rings is 1. The van der Waals surface area contributed by atoms with Crippen LogP contribution >= 0.6 is 27.3 Å². The highest BCUT2D eigenvalue weighted by atomic mass is 79.9. The van der Waals surface area contributed by atoms with Crippen molar-refractivity contribution in [2.75, 3.05) is 6.54 Å². The molecule has 2 atom stereocenters. The van der Waals surface area contributed by atoms with Crippen molar-refractivity contribution in [2.45, 2.75) is 12.0 Å². The smallest absolute Gasteiger partial charge is 0.0878 e. The van der Waals surface area contributed by atoms with Gasteiger partial charge in [0.25, 0.3) is 0 Å². The van der Waals surface area contributed by atoms with Crippen LogP contribution in [-0.2, 0) is 0 Å². The summed E-state index contributed by atoms with van der Waals surface area (Å²) in [6.45, 7) is 0.429. The van der Waals surface area contributed by atoms with Gasteiger partial charge in [-0.2, -0.15) is 11.3 Å². The maximum absolute atomic E-state index is 10.3. The van der Waals surface area contributed by atoms with E-state index in [-0.39, 0.29) is 5.92 Å². The molecule has 17 heavy (non-hydrogen) atoms. The van der Waals surface area contributed by atoms with Crippen molar-refractivity contribution in [2.24, 2.45) is 5.73 Å². The Hall–Kier alpha value is -0.680. The fourth-order valence-electron chi connectivity index (χ4n) is 1.83. The van der Waals surface area contributed by atoms with E-state index in [1.807, 2.05) is 41.1 Å². The summed E-state index contributed by atoms with van der Waals surface area (Å²) < 4.78 is 1.03. The topological polar surface area (TPSA) is 46.2 Å². The van der Waals surface area contributed by atoms with Gasteiger partial charge in [-0.25, -0.2) is 0 Å². The molecule has 2 unspecified atom stereocenters. The summed E-state index contributed by atoms with van der Waals surface area (Å²) in [7, 11) is 0. The molecule has 0 saturated carbocycles. The molecule has 0 amide bonds. The molecule has 1 aromatic carbocycles. The summed E-state index contributed by atoms with van der Waals surface area (Å²) in [5.74, 6) is -0.0577. The number of hydrogen-bond acceptors (Lipinski definition) is 3. The fraction of sp³-hybridized carbons (Fsp3) is 0.231. The van der Waals surface area contributed by atoms with Crippen LogP contribution in [0.15, 0.2) is 45.6 Å². The number of hydrogen-bond donors (Lipinski definition) is 2. The number of nitrogens with two attached hydrogens (primary N) is 1. The Labute approximate surface area is 113 Å². The SMILES string of the molecule is NCC(c1ccc(Br)cc1)C(O)c1ccsc1. The molecule has 3 N–H and O–H groups in total. The van der Waals surface area contributed by atoms with Crippen LogP contribution in [0.2, 0.25) is 0 Å². The van der Waals surface area contributed by atoms with Crippen LogP contribution in [-0.4, -0.2) is 11.7 Å². The molecular formula is C13H14BrNOS. The van der Waals surface area contributed by atoms with Crippen molar-refractivity contribution in [1.82, 2.24) is 0 Å². The summed E-state index contributed by atoms with van der Waals surface area (Å²) in [6.07, 6.45) is -0.535. The Kier molecular flexibility index (Phi) is 4.34. The van der Waals surface area contributed by atoms with Gasteiger partial charge in [-0.1, -0.05) is 28.1 Å². The number of halogens is 1. The van der Waals surface area contributed by atoms with Crippen LogP contribution in [0.25, 0.3) is 0 Å². The Bertz CT molecular complexity index is 455. The summed E-state index contributed by atoms with van der Waals surface area (Å²) in [6, 6.07) is 9.88. The first-order chi connectivity index (χ1) is 8.22. The zero-order valence-corrected chi connectivity index (χ0v) is 11.6. The lowest BCUT2D eigenvalue weighted by molar-refractivity contribution is 0.148. The van der Waals surface area contributed by atoms with Gasteiger partial charge in [0.05, 0.1) is 6.10 Å². The molecular weight excluding hydrogens is 298 g/mol. The van der Waals surface area contributed by atoms with Crippen molar-refractivity contribution < 1.29 is 5.11 Å². The van der Waals surface area contributed by atoms with Gasteiger partial charge in [0.1, 0.15) is 0 Å². The lowest BCUT2D eigenvalue weighted by Gasteiger charge is -2.21. The summed E-state index contributed by atoms with van der Waals surface area (Å²) >= 11 is 4.99. The Morgan fingerprint density at radius 3 is 2.41 bits per heavy atom. The molecule has 0 aliphatic rings. The molecule has 1 heterocycles. The van der Waals surface area contributed by atoms with E-state index in [1.165, 1.54) is 0 Å². The molecule has 0 saturated heterocycles. The lowest BCUT2D eigenvalue weighted by Crippen LogP contribution is -2.19.